The van der Waals surface area contributed by atoms with Gasteiger partial charge in [-0.15, -0.1) is 0 Å². The molecule has 0 saturated heterocycles. The summed E-state index contributed by atoms with van der Waals surface area (Å²) in [6.07, 6.45) is 0.409. The summed E-state index contributed by atoms with van der Waals surface area (Å²) in [5.74, 6) is -1.30. The van der Waals surface area contributed by atoms with Crippen molar-refractivity contribution in [2.24, 2.45) is 0 Å². The summed E-state index contributed by atoms with van der Waals surface area (Å²) in [6.45, 7) is 0.133. The molecule has 9 heteroatoms. The third-order valence-corrected chi connectivity index (χ3v) is 3.80. The van der Waals surface area contributed by atoms with Crippen LogP contribution in [0.1, 0.15) is 33.6 Å². The summed E-state index contributed by atoms with van der Waals surface area (Å²) in [4.78, 5) is 48.7. The normalized spacial score (nSPS) is 13.2. The first-order valence-corrected chi connectivity index (χ1v) is 7.36. The number of amides is 3. The van der Waals surface area contributed by atoms with Gasteiger partial charge in [0.2, 0.25) is 5.91 Å². The Labute approximate surface area is 137 Å². The van der Waals surface area contributed by atoms with Gasteiger partial charge in [-0.1, -0.05) is 0 Å². The Morgan fingerprint density at radius 1 is 1.29 bits per heavy atom. The highest BCUT2D eigenvalue weighted by molar-refractivity contribution is 6.21. The number of nitro groups is 1. The lowest BCUT2D eigenvalue weighted by Crippen LogP contribution is -2.33. The fourth-order valence-electron chi connectivity index (χ4n) is 2.45. The fourth-order valence-corrected chi connectivity index (χ4v) is 2.45. The number of imide groups is 1. The van der Waals surface area contributed by atoms with Crippen LogP contribution in [-0.2, 0) is 4.79 Å². The van der Waals surface area contributed by atoms with Crippen molar-refractivity contribution in [1.29, 1.82) is 0 Å². The number of aliphatic hydroxyl groups is 1. The summed E-state index contributed by atoms with van der Waals surface area (Å²) in [6, 6.07) is 3.55. The molecule has 1 heterocycles. The molecule has 1 aliphatic heterocycles. The standard InChI is InChI=1S/C15H17N3O6/c1-16(7-8-19)13(20)3-2-6-17-14(21)11-5-4-10(18(23)24)9-12(11)15(17)22/h4-5,9,19H,2-3,6-8H2,1H3. The van der Waals surface area contributed by atoms with Gasteiger partial charge in [-0.05, 0) is 12.5 Å². The van der Waals surface area contributed by atoms with Gasteiger partial charge < -0.3 is 10.0 Å². The van der Waals surface area contributed by atoms with E-state index < -0.39 is 16.7 Å². The number of hydrogen-bond acceptors (Lipinski definition) is 6. The Bertz CT molecular complexity index is 702. The van der Waals surface area contributed by atoms with E-state index in [1.54, 1.807) is 7.05 Å². The SMILES string of the molecule is CN(CCO)C(=O)CCCN1C(=O)c2ccc([N+](=O)[O-])cc2C1=O. The highest BCUT2D eigenvalue weighted by Crippen LogP contribution is 2.26. The van der Waals surface area contributed by atoms with Crippen molar-refractivity contribution in [2.75, 3.05) is 26.7 Å². The number of carbonyl (C=O) groups is 3. The molecular formula is C15H17N3O6. The van der Waals surface area contributed by atoms with Crippen LogP contribution in [0.4, 0.5) is 5.69 Å². The number of nitrogens with zero attached hydrogens (tertiary/aromatic N) is 3. The molecule has 0 aromatic heterocycles. The van der Waals surface area contributed by atoms with Gasteiger partial charge in [0.25, 0.3) is 17.5 Å². The van der Waals surface area contributed by atoms with E-state index >= 15 is 0 Å². The summed E-state index contributed by atoms with van der Waals surface area (Å²) < 4.78 is 0. The number of fused-ring (bicyclic) bond motifs is 1. The highest BCUT2D eigenvalue weighted by Gasteiger charge is 2.36. The maximum absolute atomic E-state index is 12.2. The van der Waals surface area contributed by atoms with Crippen LogP contribution in [0.25, 0.3) is 0 Å². The second-order valence-electron chi connectivity index (χ2n) is 5.39. The first kappa shape index (κ1) is 17.5. The van der Waals surface area contributed by atoms with Crippen LogP contribution in [0.5, 0.6) is 0 Å². The van der Waals surface area contributed by atoms with Crippen molar-refractivity contribution < 1.29 is 24.4 Å². The Morgan fingerprint density at radius 2 is 1.96 bits per heavy atom. The third-order valence-electron chi connectivity index (χ3n) is 3.80. The predicted molar refractivity (Wildman–Crippen MR) is 82.4 cm³/mol. The molecular weight excluding hydrogens is 318 g/mol. The van der Waals surface area contributed by atoms with Gasteiger partial charge in [0.15, 0.2) is 0 Å². The lowest BCUT2D eigenvalue weighted by molar-refractivity contribution is -0.384. The largest absolute Gasteiger partial charge is 0.395 e. The van der Waals surface area contributed by atoms with Crippen molar-refractivity contribution >= 4 is 23.4 Å². The first-order chi connectivity index (χ1) is 11.4. The zero-order valence-electron chi connectivity index (χ0n) is 13.1. The number of aliphatic hydroxyl groups excluding tert-OH is 1. The van der Waals surface area contributed by atoms with Gasteiger partial charge in [-0.25, -0.2) is 0 Å². The topological polar surface area (TPSA) is 121 Å². The number of rotatable bonds is 7. The Morgan fingerprint density at radius 3 is 2.58 bits per heavy atom. The minimum Gasteiger partial charge on any atom is -0.395 e. The maximum atomic E-state index is 12.2. The Kier molecular flexibility index (Phi) is 5.24. The third kappa shape index (κ3) is 3.40. The van der Waals surface area contributed by atoms with Crippen molar-refractivity contribution in [1.82, 2.24) is 9.80 Å². The maximum Gasteiger partial charge on any atom is 0.270 e. The van der Waals surface area contributed by atoms with Gasteiger partial charge in [0.05, 0.1) is 22.7 Å². The zero-order valence-corrected chi connectivity index (χ0v) is 13.1. The monoisotopic (exact) mass is 335 g/mol. The number of likely N-dealkylation sites (N-methyl/N-ethyl adjacent to an activating group) is 1. The van der Waals surface area contributed by atoms with E-state index in [4.69, 9.17) is 5.11 Å². The average molecular weight is 335 g/mol. The lowest BCUT2D eigenvalue weighted by atomic mass is 10.1. The van der Waals surface area contributed by atoms with Gasteiger partial charge in [-0.3, -0.25) is 29.4 Å². The quantitative estimate of drug-likeness (QED) is 0.438. The van der Waals surface area contributed by atoms with Gasteiger partial charge in [0, 0.05) is 38.7 Å². The number of hydrogen-bond donors (Lipinski definition) is 1. The minimum atomic E-state index is -0.629. The van der Waals surface area contributed by atoms with Crippen LogP contribution in [0.3, 0.4) is 0 Å². The minimum absolute atomic E-state index is 0.0120. The van der Waals surface area contributed by atoms with Crippen LogP contribution in [0.2, 0.25) is 0 Å². The van der Waals surface area contributed by atoms with E-state index in [1.807, 2.05) is 0 Å². The molecule has 0 aliphatic carbocycles. The van der Waals surface area contributed by atoms with Crippen LogP contribution in [0.15, 0.2) is 18.2 Å². The van der Waals surface area contributed by atoms with E-state index in [2.05, 4.69) is 0 Å². The molecule has 128 valence electrons. The Hall–Kier alpha value is -2.81. The summed E-state index contributed by atoms with van der Waals surface area (Å²) >= 11 is 0. The summed E-state index contributed by atoms with van der Waals surface area (Å²) in [5, 5.41) is 19.5. The van der Waals surface area contributed by atoms with Gasteiger partial charge in [-0.2, -0.15) is 0 Å². The van der Waals surface area contributed by atoms with Crippen molar-refractivity contribution in [3.8, 4) is 0 Å². The predicted octanol–water partition coefficient (Wildman–Crippen LogP) is 0.422. The molecule has 3 amide bonds. The molecule has 0 spiro atoms. The zero-order chi connectivity index (χ0) is 17.9. The lowest BCUT2D eigenvalue weighted by Gasteiger charge is -2.17. The Balaban J connectivity index is 2.01. The number of benzene rings is 1. The van der Waals surface area contributed by atoms with Crippen molar-refractivity contribution in [2.45, 2.75) is 12.8 Å². The average Bonchev–Trinajstić information content (AvgIpc) is 2.79. The molecule has 0 unspecified atom stereocenters. The summed E-state index contributed by atoms with van der Waals surface area (Å²) in [7, 11) is 1.56. The molecule has 0 saturated carbocycles. The van der Waals surface area contributed by atoms with Crippen LogP contribution < -0.4 is 0 Å². The summed E-state index contributed by atoms with van der Waals surface area (Å²) in [5.41, 5.74) is -0.107. The molecule has 1 aromatic carbocycles. The van der Waals surface area contributed by atoms with Crippen molar-refractivity contribution in [3.63, 3.8) is 0 Å². The molecule has 0 atom stereocenters. The van der Waals surface area contributed by atoms with Gasteiger partial charge >= 0.3 is 0 Å². The molecule has 1 aliphatic rings. The number of non-ortho nitro benzene ring substituents is 1. The molecule has 2 rings (SSSR count). The van der Waals surface area contributed by atoms with E-state index in [0.717, 1.165) is 11.0 Å². The molecule has 0 fully saturated rings. The molecule has 1 N–H and O–H groups in total. The second kappa shape index (κ2) is 7.18. The van der Waals surface area contributed by atoms with E-state index in [1.165, 1.54) is 17.0 Å². The van der Waals surface area contributed by atoms with Crippen LogP contribution in [-0.4, -0.2) is 64.3 Å². The fraction of sp³-hybridized carbons (Fsp3) is 0.400. The second-order valence-corrected chi connectivity index (χ2v) is 5.39. The molecule has 24 heavy (non-hydrogen) atoms. The molecule has 1 aromatic rings. The van der Waals surface area contributed by atoms with Crippen LogP contribution >= 0.6 is 0 Å². The first-order valence-electron chi connectivity index (χ1n) is 7.36. The van der Waals surface area contributed by atoms with E-state index in [-0.39, 0.29) is 55.3 Å². The highest BCUT2D eigenvalue weighted by atomic mass is 16.6. The van der Waals surface area contributed by atoms with Crippen molar-refractivity contribution in [3.05, 3.63) is 39.4 Å². The molecule has 0 radical (unpaired) electrons. The number of nitro benzene ring substituents is 1. The smallest absolute Gasteiger partial charge is 0.270 e. The van der Waals surface area contributed by atoms with E-state index in [9.17, 15) is 24.5 Å². The molecule has 9 nitrogen and oxygen atoms in total. The van der Waals surface area contributed by atoms with E-state index in [0.29, 0.717) is 0 Å². The molecule has 0 bridgehead atoms. The van der Waals surface area contributed by atoms with Gasteiger partial charge in [0.1, 0.15) is 0 Å². The number of carbonyl (C=O) groups excluding carboxylic acids is 3. The van der Waals surface area contributed by atoms with Crippen LogP contribution in [0, 0.1) is 10.1 Å².